The lowest BCUT2D eigenvalue weighted by Gasteiger charge is -2.15. The van der Waals surface area contributed by atoms with Crippen LogP contribution in [0.25, 0.3) is 28.1 Å². The van der Waals surface area contributed by atoms with Crippen LogP contribution in [-0.2, 0) is 9.59 Å². The molecule has 0 fully saturated rings. The van der Waals surface area contributed by atoms with E-state index in [0.717, 1.165) is 26.9 Å². The zero-order valence-electron chi connectivity index (χ0n) is 27.2. The Balaban J connectivity index is 1.14. The zero-order chi connectivity index (χ0) is 35.7. The third kappa shape index (κ3) is 8.93. The van der Waals surface area contributed by atoms with Gasteiger partial charge in [0.05, 0.1) is 15.9 Å². The first kappa shape index (κ1) is 34.7. The van der Waals surface area contributed by atoms with Crippen LogP contribution in [-0.4, -0.2) is 32.9 Å². The first-order valence-corrected chi connectivity index (χ1v) is 17.7. The van der Waals surface area contributed by atoms with Crippen LogP contribution in [0.3, 0.4) is 0 Å². The van der Waals surface area contributed by atoms with Crippen LogP contribution in [0.5, 0.6) is 0 Å². The number of thioether (sulfide) groups is 1. The number of thiazole rings is 1. The molecule has 0 radical (unpaired) electrons. The molecule has 6 rings (SSSR count). The van der Waals surface area contributed by atoms with Crippen molar-refractivity contribution in [2.24, 2.45) is 0 Å². The minimum Gasteiger partial charge on any atom is -0.321 e. The predicted octanol–water partition coefficient (Wildman–Crippen LogP) is 8.79. The maximum absolute atomic E-state index is 13.5. The van der Waals surface area contributed by atoms with Crippen molar-refractivity contribution in [3.05, 3.63) is 154 Å². The second kappa shape index (κ2) is 16.1. The fraction of sp³-hybridized carbons (Fsp3) is 0.0769. The number of carbonyl (C=O) groups is 3. The van der Waals surface area contributed by atoms with E-state index in [4.69, 9.17) is 0 Å². The quantitative estimate of drug-likeness (QED) is 0.0498. The third-order valence-electron chi connectivity index (χ3n) is 7.76. The average molecular weight is 714 g/mol. The topological polar surface area (TPSA) is 143 Å². The summed E-state index contributed by atoms with van der Waals surface area (Å²) in [5.74, 6) is -1.28. The number of nitro benzene ring substituents is 1. The van der Waals surface area contributed by atoms with Gasteiger partial charge in [-0.3, -0.25) is 24.5 Å². The third-order valence-corrected chi connectivity index (χ3v) is 9.87. The van der Waals surface area contributed by atoms with Crippen molar-refractivity contribution in [1.29, 1.82) is 0 Å². The molecule has 12 heteroatoms. The summed E-state index contributed by atoms with van der Waals surface area (Å²) < 4.78 is 0. The molecule has 0 bridgehead atoms. The second-order valence-corrected chi connectivity index (χ2v) is 13.4. The molecule has 1 heterocycles. The van der Waals surface area contributed by atoms with E-state index in [1.807, 2.05) is 36.6 Å². The van der Waals surface area contributed by atoms with Gasteiger partial charge in [-0.15, -0.1) is 23.1 Å². The van der Waals surface area contributed by atoms with Gasteiger partial charge in [0.15, 0.2) is 5.13 Å². The number of nitrogens with one attached hydrogen (secondary N) is 3. The highest BCUT2D eigenvalue weighted by Crippen LogP contribution is 2.31. The van der Waals surface area contributed by atoms with Crippen LogP contribution < -0.4 is 16.0 Å². The van der Waals surface area contributed by atoms with E-state index in [-0.39, 0.29) is 17.3 Å². The lowest BCUT2D eigenvalue weighted by atomic mass is 10.1. The highest BCUT2D eigenvalue weighted by atomic mass is 32.2. The number of fused-ring (bicyclic) bond motifs is 1. The van der Waals surface area contributed by atoms with E-state index in [9.17, 15) is 24.5 Å². The van der Waals surface area contributed by atoms with Gasteiger partial charge in [-0.1, -0.05) is 67.6 Å². The first-order chi connectivity index (χ1) is 24.7. The van der Waals surface area contributed by atoms with E-state index in [1.54, 1.807) is 48.5 Å². The fourth-order valence-corrected chi connectivity index (χ4v) is 6.87. The molecule has 1 aromatic heterocycles. The number of aromatic nitrogens is 1. The molecule has 0 aliphatic carbocycles. The number of amides is 3. The van der Waals surface area contributed by atoms with Crippen molar-refractivity contribution in [3.63, 3.8) is 0 Å². The van der Waals surface area contributed by atoms with Crippen molar-refractivity contribution in [3.8, 4) is 11.3 Å². The molecule has 0 saturated heterocycles. The van der Waals surface area contributed by atoms with Crippen LogP contribution in [0.1, 0.15) is 29.3 Å². The summed E-state index contributed by atoms with van der Waals surface area (Å²) in [6.45, 7) is 1.93. The molecular weight excluding hydrogens is 683 g/mol. The Morgan fingerprint density at radius 3 is 2.35 bits per heavy atom. The summed E-state index contributed by atoms with van der Waals surface area (Å²) >= 11 is 2.72. The Hall–Kier alpha value is -6.11. The van der Waals surface area contributed by atoms with E-state index in [0.29, 0.717) is 28.4 Å². The molecule has 51 heavy (non-hydrogen) atoms. The number of carbonyl (C=O) groups excluding carboxylic acids is 3. The first-order valence-electron chi connectivity index (χ1n) is 15.9. The summed E-state index contributed by atoms with van der Waals surface area (Å²) in [4.78, 5) is 55.9. The minimum absolute atomic E-state index is 0.0620. The lowest BCUT2D eigenvalue weighted by Crippen LogP contribution is -2.30. The molecule has 1 atom stereocenters. The molecular formula is C39H31N5O5S2. The van der Waals surface area contributed by atoms with E-state index < -0.39 is 22.0 Å². The molecule has 6 aromatic rings. The summed E-state index contributed by atoms with van der Waals surface area (Å²) in [5.41, 5.74) is 2.87. The second-order valence-electron chi connectivity index (χ2n) is 11.3. The van der Waals surface area contributed by atoms with E-state index in [2.05, 4.69) is 45.2 Å². The van der Waals surface area contributed by atoms with Gasteiger partial charge < -0.3 is 16.0 Å². The summed E-state index contributed by atoms with van der Waals surface area (Å²) in [7, 11) is 0. The number of non-ortho nitro benzene ring substituents is 1. The van der Waals surface area contributed by atoms with Crippen molar-refractivity contribution < 1.29 is 19.3 Å². The molecule has 0 aliphatic rings. The number of rotatable bonds is 12. The molecule has 10 nitrogen and oxygen atoms in total. The zero-order valence-corrected chi connectivity index (χ0v) is 28.9. The Morgan fingerprint density at radius 1 is 0.863 bits per heavy atom. The van der Waals surface area contributed by atoms with E-state index >= 15 is 0 Å². The summed E-state index contributed by atoms with van der Waals surface area (Å²) in [5, 5.41) is 23.8. The van der Waals surface area contributed by atoms with Gasteiger partial charge >= 0.3 is 0 Å². The van der Waals surface area contributed by atoms with Crippen molar-refractivity contribution >= 4 is 74.2 Å². The van der Waals surface area contributed by atoms with Gasteiger partial charge in [0.2, 0.25) is 5.91 Å². The van der Waals surface area contributed by atoms with Crippen molar-refractivity contribution in [1.82, 2.24) is 10.3 Å². The number of nitrogens with zero attached hydrogens (tertiary/aromatic N) is 2. The van der Waals surface area contributed by atoms with Gasteiger partial charge in [0.1, 0.15) is 5.70 Å². The summed E-state index contributed by atoms with van der Waals surface area (Å²) in [6.07, 6.45) is 1.99. The fourth-order valence-electron chi connectivity index (χ4n) is 5.13. The number of anilines is 2. The van der Waals surface area contributed by atoms with E-state index in [1.165, 1.54) is 53.4 Å². The predicted molar refractivity (Wildman–Crippen MR) is 204 cm³/mol. The maximum atomic E-state index is 13.5. The van der Waals surface area contributed by atoms with Crippen LogP contribution >= 0.6 is 23.1 Å². The highest BCUT2D eigenvalue weighted by Gasteiger charge is 2.21. The van der Waals surface area contributed by atoms with Crippen LogP contribution in [0, 0.1) is 10.1 Å². The Labute approximate surface area is 301 Å². The number of benzene rings is 5. The van der Waals surface area contributed by atoms with Crippen LogP contribution in [0.2, 0.25) is 0 Å². The van der Waals surface area contributed by atoms with Crippen LogP contribution in [0.4, 0.5) is 16.5 Å². The molecule has 0 spiro atoms. The maximum Gasteiger partial charge on any atom is 0.272 e. The van der Waals surface area contributed by atoms with Gasteiger partial charge in [-0.25, -0.2) is 4.98 Å². The molecule has 3 N–H and O–H groups in total. The monoisotopic (exact) mass is 713 g/mol. The average Bonchev–Trinajstić information content (AvgIpc) is 3.62. The Bertz CT molecular complexity index is 2250. The molecule has 3 amide bonds. The highest BCUT2D eigenvalue weighted by molar-refractivity contribution is 8.00. The van der Waals surface area contributed by atoms with Gasteiger partial charge in [-0.05, 0) is 77.4 Å². The molecule has 1 unspecified atom stereocenters. The smallest absolute Gasteiger partial charge is 0.272 e. The number of nitro groups is 1. The summed E-state index contributed by atoms with van der Waals surface area (Å²) in [6, 6.07) is 35.4. The van der Waals surface area contributed by atoms with Crippen molar-refractivity contribution in [2.45, 2.75) is 23.5 Å². The normalized spacial score (nSPS) is 11.8. The van der Waals surface area contributed by atoms with Gasteiger partial charge in [-0.2, -0.15) is 0 Å². The lowest BCUT2D eigenvalue weighted by molar-refractivity contribution is -0.384. The molecule has 0 aliphatic heterocycles. The molecule has 0 saturated carbocycles. The molecule has 5 aromatic carbocycles. The van der Waals surface area contributed by atoms with Gasteiger partial charge in [0.25, 0.3) is 17.5 Å². The standard InChI is InChI=1S/C39H31N5O5S2/c1-2-35(38(47)43-39-42-34(24-50-39)29-18-17-26-9-6-7-12-28(26)22-29)51-32-14-8-13-30(23-32)40-37(46)33(41-36(45)27-10-4-3-5-11-27)21-25-15-19-31(20-16-25)44(48)49/h3-24,35H,2H2,1H3,(H,40,46)(H,41,45)(H,42,43,47)/b33-21+. The largest absolute Gasteiger partial charge is 0.321 e. The number of hydrogen-bond donors (Lipinski definition) is 3. The number of hydrogen-bond acceptors (Lipinski definition) is 8. The Kier molecular flexibility index (Phi) is 10.9. The minimum atomic E-state index is -0.601. The molecule has 254 valence electrons. The van der Waals surface area contributed by atoms with Crippen molar-refractivity contribution in [2.75, 3.05) is 10.6 Å². The SMILES string of the molecule is CCC(Sc1cccc(NC(=O)/C(=C\c2ccc([N+](=O)[O-])cc2)NC(=O)c2ccccc2)c1)C(=O)Nc1nc(-c2ccc3ccccc3c2)cs1. The van der Waals surface area contributed by atoms with Gasteiger partial charge in [0, 0.05) is 39.2 Å². The van der Waals surface area contributed by atoms with Crippen LogP contribution in [0.15, 0.2) is 137 Å². The Morgan fingerprint density at radius 2 is 1.61 bits per heavy atom.